The first-order valence-corrected chi connectivity index (χ1v) is 15.3. The lowest BCUT2D eigenvalue weighted by Crippen LogP contribution is -2.54. The van der Waals surface area contributed by atoms with E-state index in [9.17, 15) is 28.4 Å². The fourth-order valence-corrected chi connectivity index (χ4v) is 5.16. The van der Waals surface area contributed by atoms with Crippen molar-refractivity contribution < 1.29 is 42.6 Å². The van der Waals surface area contributed by atoms with Gasteiger partial charge in [-0.15, -0.1) is 0 Å². The second kappa shape index (κ2) is 17.8. The van der Waals surface area contributed by atoms with E-state index in [1.54, 1.807) is 12.1 Å². The Kier molecular flexibility index (Phi) is 13.3. The summed E-state index contributed by atoms with van der Waals surface area (Å²) in [6.45, 7) is 0.752. The zero-order chi connectivity index (χ0) is 32.7. The number of amides is 5. The van der Waals surface area contributed by atoms with E-state index in [1.165, 1.54) is 29.2 Å². The lowest BCUT2D eigenvalue weighted by Gasteiger charge is -2.28. The second-order valence-electron chi connectivity index (χ2n) is 10.9. The Morgan fingerprint density at radius 2 is 1.74 bits per heavy atom. The summed E-state index contributed by atoms with van der Waals surface area (Å²) in [5.74, 6) is -2.03. The fourth-order valence-electron chi connectivity index (χ4n) is 5.16. The van der Waals surface area contributed by atoms with Crippen molar-refractivity contribution in [1.82, 2.24) is 26.2 Å². The topological polar surface area (TPSA) is 164 Å². The number of carbonyl (C=O) groups excluding carboxylic acids is 5. The van der Waals surface area contributed by atoms with Crippen molar-refractivity contribution in [3.8, 4) is 5.75 Å². The van der Waals surface area contributed by atoms with Gasteiger partial charge in [0.15, 0.2) is 6.61 Å². The van der Waals surface area contributed by atoms with Gasteiger partial charge in [-0.1, -0.05) is 18.2 Å². The molecule has 0 unspecified atom stereocenters. The minimum Gasteiger partial charge on any atom is -0.484 e. The summed E-state index contributed by atoms with van der Waals surface area (Å²) in [5, 5.41) is 11.1. The zero-order valence-electron chi connectivity index (χ0n) is 25.5. The maximum Gasteiger partial charge on any atom is 0.257 e. The van der Waals surface area contributed by atoms with Gasteiger partial charge in [0.2, 0.25) is 17.7 Å². The van der Waals surface area contributed by atoms with Crippen LogP contribution >= 0.6 is 0 Å². The molecule has 13 nitrogen and oxygen atoms in total. The van der Waals surface area contributed by atoms with Crippen LogP contribution in [0.1, 0.15) is 36.0 Å². The number of hydrogen-bond donors (Lipinski definition) is 4. The molecule has 2 aromatic carbocycles. The molecule has 5 amide bonds. The highest BCUT2D eigenvalue weighted by molar-refractivity contribution is 5.95. The number of benzene rings is 2. The van der Waals surface area contributed by atoms with Gasteiger partial charge in [0.05, 0.1) is 19.8 Å². The summed E-state index contributed by atoms with van der Waals surface area (Å²) in [6, 6.07) is 11.6. The normalized spacial score (nSPS) is 21.2. The van der Waals surface area contributed by atoms with Gasteiger partial charge in [-0.3, -0.25) is 24.0 Å². The van der Waals surface area contributed by atoms with Crippen molar-refractivity contribution in [1.29, 1.82) is 0 Å². The van der Waals surface area contributed by atoms with Crippen LogP contribution in [0.2, 0.25) is 0 Å². The lowest BCUT2D eigenvalue weighted by atomic mass is 10.1. The molecular formula is C32H40FN5O8. The molecule has 248 valence electrons. The number of unbranched alkanes of at least 4 members (excludes halogenated alkanes) is 1. The molecule has 2 aliphatic heterocycles. The van der Waals surface area contributed by atoms with Crippen molar-refractivity contribution in [2.45, 2.75) is 43.8 Å². The van der Waals surface area contributed by atoms with E-state index in [4.69, 9.17) is 14.2 Å². The molecule has 0 saturated carbocycles. The van der Waals surface area contributed by atoms with Crippen LogP contribution in [0.15, 0.2) is 54.6 Å². The molecule has 2 saturated heterocycles. The van der Waals surface area contributed by atoms with Crippen molar-refractivity contribution in [2.24, 2.45) is 0 Å². The van der Waals surface area contributed by atoms with E-state index in [-0.39, 0.29) is 70.4 Å². The third-order valence-electron chi connectivity index (χ3n) is 7.47. The monoisotopic (exact) mass is 641 g/mol. The van der Waals surface area contributed by atoms with E-state index in [1.807, 2.05) is 18.2 Å². The molecule has 0 bridgehead atoms. The van der Waals surface area contributed by atoms with Crippen LogP contribution in [-0.4, -0.2) is 105 Å². The van der Waals surface area contributed by atoms with Crippen molar-refractivity contribution in [2.75, 3.05) is 52.7 Å². The number of halogens is 1. The zero-order valence-corrected chi connectivity index (χ0v) is 25.5. The minimum absolute atomic E-state index is 0.0285. The van der Waals surface area contributed by atoms with E-state index in [0.29, 0.717) is 25.1 Å². The van der Waals surface area contributed by atoms with Gasteiger partial charge in [-0.25, -0.2) is 4.39 Å². The number of rotatable bonds is 10. The molecule has 14 heteroatoms. The van der Waals surface area contributed by atoms with E-state index in [0.717, 1.165) is 0 Å². The van der Waals surface area contributed by atoms with Crippen LogP contribution < -0.4 is 26.0 Å². The Hall–Kier alpha value is -4.56. The summed E-state index contributed by atoms with van der Waals surface area (Å²) >= 11 is 0. The summed E-state index contributed by atoms with van der Waals surface area (Å²) in [7, 11) is 0. The van der Waals surface area contributed by atoms with Gasteiger partial charge >= 0.3 is 0 Å². The van der Waals surface area contributed by atoms with Gasteiger partial charge < -0.3 is 40.4 Å². The van der Waals surface area contributed by atoms with E-state index < -0.39 is 47.6 Å². The second-order valence-corrected chi connectivity index (χ2v) is 10.9. The molecule has 2 aromatic rings. The molecule has 2 fully saturated rings. The Labute approximate surface area is 266 Å². The number of fused-ring (bicyclic) bond motifs is 1. The number of nitrogens with one attached hydrogen (secondary N) is 4. The van der Waals surface area contributed by atoms with Crippen molar-refractivity contribution in [3.63, 3.8) is 0 Å². The largest absolute Gasteiger partial charge is 0.484 e. The highest BCUT2D eigenvalue weighted by Gasteiger charge is 2.42. The molecule has 0 aromatic heterocycles. The van der Waals surface area contributed by atoms with Crippen LogP contribution in [-0.2, 0) is 28.7 Å². The number of nitrogens with zero attached hydrogens (tertiary/aromatic N) is 1. The molecule has 46 heavy (non-hydrogen) atoms. The van der Waals surface area contributed by atoms with Gasteiger partial charge in [-0.05, 0) is 62.1 Å². The van der Waals surface area contributed by atoms with Crippen LogP contribution in [0.5, 0.6) is 5.75 Å². The molecule has 0 radical (unpaired) electrons. The number of carbonyl (C=O) groups is 5. The molecule has 2 heterocycles. The molecule has 4 rings (SSSR count). The quantitative estimate of drug-likeness (QED) is 0.273. The Morgan fingerprint density at radius 1 is 0.978 bits per heavy atom. The third kappa shape index (κ3) is 10.8. The van der Waals surface area contributed by atoms with Crippen molar-refractivity contribution >= 4 is 29.5 Å². The van der Waals surface area contributed by atoms with Crippen LogP contribution in [0.25, 0.3) is 0 Å². The SMILES string of the molecule is O=C(COc1ccccc1)NCCCC[C@@H]1NC(=O)COCCOCCNC(=O)[C@@H]2C[C@H](NC(=O)c3ccc(F)cc3)CN2C1=O. The van der Waals surface area contributed by atoms with Gasteiger partial charge in [-0.2, -0.15) is 0 Å². The van der Waals surface area contributed by atoms with Gasteiger partial charge in [0.1, 0.15) is 30.3 Å². The van der Waals surface area contributed by atoms with E-state index >= 15 is 0 Å². The predicted molar refractivity (Wildman–Crippen MR) is 163 cm³/mol. The predicted octanol–water partition coefficient (Wildman–Crippen LogP) is 0.538. The molecule has 3 atom stereocenters. The summed E-state index contributed by atoms with van der Waals surface area (Å²) < 4.78 is 29.6. The van der Waals surface area contributed by atoms with E-state index in [2.05, 4.69) is 21.3 Å². The first kappa shape index (κ1) is 34.3. The molecule has 2 aliphatic rings. The summed E-state index contributed by atoms with van der Waals surface area (Å²) in [5.41, 5.74) is 0.239. The number of ether oxygens (including phenoxy) is 3. The minimum atomic E-state index is -0.976. The van der Waals surface area contributed by atoms with Crippen LogP contribution in [0.3, 0.4) is 0 Å². The average Bonchev–Trinajstić information content (AvgIpc) is 3.48. The summed E-state index contributed by atoms with van der Waals surface area (Å²) in [4.78, 5) is 66.2. The van der Waals surface area contributed by atoms with Crippen LogP contribution in [0.4, 0.5) is 4.39 Å². The first-order valence-electron chi connectivity index (χ1n) is 15.3. The maximum absolute atomic E-state index is 13.9. The Bertz CT molecular complexity index is 1330. The van der Waals surface area contributed by atoms with Gasteiger partial charge in [0.25, 0.3) is 11.8 Å². The fraction of sp³-hybridized carbons (Fsp3) is 0.469. The summed E-state index contributed by atoms with van der Waals surface area (Å²) in [6.07, 6.45) is 1.37. The highest BCUT2D eigenvalue weighted by Crippen LogP contribution is 2.22. The van der Waals surface area contributed by atoms with Gasteiger partial charge in [0, 0.05) is 31.2 Å². The first-order chi connectivity index (χ1) is 22.3. The number of hydrogen-bond acceptors (Lipinski definition) is 8. The molecular weight excluding hydrogens is 601 g/mol. The maximum atomic E-state index is 13.9. The Morgan fingerprint density at radius 3 is 2.52 bits per heavy atom. The molecule has 0 spiro atoms. The lowest BCUT2D eigenvalue weighted by molar-refractivity contribution is -0.142. The smallest absolute Gasteiger partial charge is 0.257 e. The van der Waals surface area contributed by atoms with Crippen LogP contribution in [0, 0.1) is 5.82 Å². The molecule has 0 aliphatic carbocycles. The van der Waals surface area contributed by atoms with Crippen molar-refractivity contribution in [3.05, 3.63) is 66.0 Å². The highest BCUT2D eigenvalue weighted by atomic mass is 19.1. The standard InChI is InChI=1S/C32H40FN5O8/c33-23-11-9-22(10-12-23)30(41)36-24-18-27-31(42)35-14-15-44-16-17-45-20-29(40)37-26(32(43)38(27)19-24)8-4-5-13-34-28(39)21-46-25-6-2-1-3-7-25/h1-3,6-7,9-12,24,26-27H,4-5,8,13-21H2,(H,34,39)(H,35,42)(H,36,41)(H,37,40)/t24-,26-,27-/m0/s1. The Balaban J connectivity index is 1.37. The third-order valence-corrected chi connectivity index (χ3v) is 7.47. The number of para-hydroxylation sites is 1. The molecule has 4 N–H and O–H groups in total. The average molecular weight is 642 g/mol.